The molecule has 0 saturated carbocycles. The molecule has 6 nitrogen and oxygen atoms in total. The number of anilines is 1. The van der Waals surface area contributed by atoms with E-state index in [4.69, 9.17) is 0 Å². The topological polar surface area (TPSA) is 78.5 Å². The molecule has 2 aromatic rings. The van der Waals surface area contributed by atoms with Crippen LogP contribution in [0.25, 0.3) is 0 Å². The summed E-state index contributed by atoms with van der Waals surface area (Å²) in [4.78, 5) is 38.1. The molecule has 0 radical (unpaired) electrons. The van der Waals surface area contributed by atoms with Crippen LogP contribution in [-0.2, 0) is 9.59 Å². The van der Waals surface area contributed by atoms with Crippen molar-refractivity contribution in [2.75, 3.05) is 23.5 Å². The lowest BCUT2D eigenvalue weighted by molar-refractivity contribution is -0.130. The van der Waals surface area contributed by atoms with Crippen molar-refractivity contribution in [2.45, 2.75) is 13.0 Å². The maximum atomic E-state index is 12.7. The molecular formula is C20H21N3O3S. The Balaban J connectivity index is 1.67. The molecular weight excluding hydrogens is 362 g/mol. The van der Waals surface area contributed by atoms with E-state index in [1.165, 1.54) is 16.7 Å². The van der Waals surface area contributed by atoms with Crippen molar-refractivity contribution < 1.29 is 14.4 Å². The summed E-state index contributed by atoms with van der Waals surface area (Å²) in [5.74, 6) is 0.294. The van der Waals surface area contributed by atoms with Gasteiger partial charge in [-0.3, -0.25) is 14.4 Å². The van der Waals surface area contributed by atoms with Crippen molar-refractivity contribution in [3.8, 4) is 0 Å². The smallest absolute Gasteiger partial charge is 0.253 e. The monoisotopic (exact) mass is 383 g/mol. The first-order chi connectivity index (χ1) is 13.0. The summed E-state index contributed by atoms with van der Waals surface area (Å²) < 4.78 is 0. The first-order valence-corrected chi connectivity index (χ1v) is 9.80. The lowest BCUT2D eigenvalue weighted by Gasteiger charge is -2.18. The van der Waals surface area contributed by atoms with E-state index in [0.29, 0.717) is 22.9 Å². The van der Waals surface area contributed by atoms with E-state index in [2.05, 4.69) is 10.6 Å². The molecule has 1 aliphatic heterocycles. The zero-order chi connectivity index (χ0) is 19.2. The van der Waals surface area contributed by atoms with Crippen LogP contribution in [0.5, 0.6) is 0 Å². The molecule has 3 rings (SSSR count). The third-order valence-corrected chi connectivity index (χ3v) is 5.20. The Hall–Kier alpha value is -2.80. The third-order valence-electron chi connectivity index (χ3n) is 4.25. The van der Waals surface area contributed by atoms with Gasteiger partial charge in [0.1, 0.15) is 6.54 Å². The summed E-state index contributed by atoms with van der Waals surface area (Å²) in [5, 5.41) is 5.70. The molecule has 1 heterocycles. The number of carbonyl (C=O) groups is 3. The van der Waals surface area contributed by atoms with E-state index in [9.17, 15) is 14.4 Å². The number of hydrogen-bond donors (Lipinski definition) is 2. The molecule has 1 atom stereocenters. The number of carbonyl (C=O) groups excluding carboxylic acids is 3. The largest absolute Gasteiger partial charge is 0.345 e. The van der Waals surface area contributed by atoms with E-state index < -0.39 is 0 Å². The fourth-order valence-electron chi connectivity index (χ4n) is 2.79. The van der Waals surface area contributed by atoms with Gasteiger partial charge in [-0.15, -0.1) is 11.8 Å². The SMILES string of the molecule is CC(NC(=O)c1ccccc1NC(=O)CN1CSCC1=O)c1ccccc1. The lowest BCUT2D eigenvalue weighted by atomic mass is 10.1. The standard InChI is InChI=1S/C20H21N3O3S/c1-14(15-7-3-2-4-8-15)21-20(26)16-9-5-6-10-17(16)22-18(24)11-23-13-27-12-19(23)25/h2-10,14H,11-13H2,1H3,(H,21,26)(H,22,24). The lowest BCUT2D eigenvalue weighted by Crippen LogP contribution is -2.35. The summed E-state index contributed by atoms with van der Waals surface area (Å²) in [6, 6.07) is 16.3. The molecule has 7 heteroatoms. The Morgan fingerprint density at radius 2 is 1.81 bits per heavy atom. The highest BCUT2D eigenvalue weighted by Crippen LogP contribution is 2.19. The Morgan fingerprint density at radius 1 is 1.11 bits per heavy atom. The van der Waals surface area contributed by atoms with Gasteiger partial charge >= 0.3 is 0 Å². The van der Waals surface area contributed by atoms with Gasteiger partial charge in [-0.2, -0.15) is 0 Å². The van der Waals surface area contributed by atoms with Crippen LogP contribution in [0, 0.1) is 0 Å². The average Bonchev–Trinajstić information content (AvgIpc) is 3.07. The number of amides is 3. The molecule has 0 bridgehead atoms. The number of nitrogens with one attached hydrogen (secondary N) is 2. The van der Waals surface area contributed by atoms with Gasteiger partial charge in [0.25, 0.3) is 5.91 Å². The number of hydrogen-bond acceptors (Lipinski definition) is 4. The number of nitrogens with zero attached hydrogens (tertiary/aromatic N) is 1. The molecule has 1 unspecified atom stereocenters. The Labute approximate surface area is 162 Å². The summed E-state index contributed by atoms with van der Waals surface area (Å²) in [6.45, 7) is 1.90. The summed E-state index contributed by atoms with van der Waals surface area (Å²) in [5.41, 5.74) is 1.81. The molecule has 0 aliphatic carbocycles. The van der Waals surface area contributed by atoms with Crippen LogP contribution < -0.4 is 10.6 Å². The van der Waals surface area contributed by atoms with Gasteiger partial charge < -0.3 is 15.5 Å². The summed E-state index contributed by atoms with van der Waals surface area (Å²) >= 11 is 1.48. The molecule has 1 aliphatic rings. The zero-order valence-electron chi connectivity index (χ0n) is 15.0. The van der Waals surface area contributed by atoms with Gasteiger partial charge in [0, 0.05) is 0 Å². The maximum absolute atomic E-state index is 12.7. The van der Waals surface area contributed by atoms with Crippen LogP contribution in [0.3, 0.4) is 0 Å². The molecule has 2 aromatic carbocycles. The minimum Gasteiger partial charge on any atom is -0.345 e. The Kier molecular flexibility index (Phi) is 6.13. The normalized spacial score (nSPS) is 14.7. The highest BCUT2D eigenvalue weighted by molar-refractivity contribution is 8.00. The average molecular weight is 383 g/mol. The van der Waals surface area contributed by atoms with E-state index in [1.807, 2.05) is 37.3 Å². The Bertz CT molecular complexity index is 841. The third kappa shape index (κ3) is 4.89. The highest BCUT2D eigenvalue weighted by atomic mass is 32.2. The van der Waals surface area contributed by atoms with Crippen LogP contribution in [0.2, 0.25) is 0 Å². The second-order valence-electron chi connectivity index (χ2n) is 6.27. The number of para-hydroxylation sites is 1. The van der Waals surface area contributed by atoms with Crippen LogP contribution in [0.15, 0.2) is 54.6 Å². The first-order valence-electron chi connectivity index (χ1n) is 8.65. The molecule has 27 heavy (non-hydrogen) atoms. The minimum absolute atomic E-state index is 0.0117. The molecule has 2 N–H and O–H groups in total. The number of benzene rings is 2. The molecule has 0 aromatic heterocycles. The number of rotatable bonds is 6. The highest BCUT2D eigenvalue weighted by Gasteiger charge is 2.23. The molecule has 1 fully saturated rings. The van der Waals surface area contributed by atoms with Gasteiger partial charge in [0.05, 0.1) is 28.9 Å². The van der Waals surface area contributed by atoms with Crippen molar-refractivity contribution in [2.24, 2.45) is 0 Å². The van der Waals surface area contributed by atoms with Crippen LogP contribution >= 0.6 is 11.8 Å². The van der Waals surface area contributed by atoms with Crippen LogP contribution in [-0.4, -0.2) is 40.8 Å². The predicted octanol–water partition coefficient (Wildman–Crippen LogP) is 2.65. The van der Waals surface area contributed by atoms with Crippen LogP contribution in [0.4, 0.5) is 5.69 Å². The molecule has 1 saturated heterocycles. The predicted molar refractivity (Wildman–Crippen MR) is 106 cm³/mol. The Morgan fingerprint density at radius 3 is 2.52 bits per heavy atom. The van der Waals surface area contributed by atoms with E-state index in [1.54, 1.807) is 24.3 Å². The van der Waals surface area contributed by atoms with Gasteiger partial charge in [-0.25, -0.2) is 0 Å². The summed E-state index contributed by atoms with van der Waals surface area (Å²) in [7, 11) is 0. The van der Waals surface area contributed by atoms with E-state index >= 15 is 0 Å². The van der Waals surface area contributed by atoms with Gasteiger partial charge in [-0.1, -0.05) is 42.5 Å². The molecule has 3 amide bonds. The van der Waals surface area contributed by atoms with Crippen molar-refractivity contribution in [3.63, 3.8) is 0 Å². The summed E-state index contributed by atoms with van der Waals surface area (Å²) in [6.07, 6.45) is 0. The molecule has 0 spiro atoms. The van der Waals surface area contributed by atoms with Crippen molar-refractivity contribution in [1.29, 1.82) is 0 Å². The zero-order valence-corrected chi connectivity index (χ0v) is 15.8. The quantitative estimate of drug-likeness (QED) is 0.804. The second-order valence-corrected chi connectivity index (χ2v) is 7.22. The van der Waals surface area contributed by atoms with Gasteiger partial charge in [0.15, 0.2) is 0 Å². The fraction of sp³-hybridized carbons (Fsp3) is 0.250. The van der Waals surface area contributed by atoms with Gasteiger partial charge in [0.2, 0.25) is 11.8 Å². The maximum Gasteiger partial charge on any atom is 0.253 e. The van der Waals surface area contributed by atoms with Crippen molar-refractivity contribution in [1.82, 2.24) is 10.2 Å². The fourth-order valence-corrected chi connectivity index (χ4v) is 3.70. The van der Waals surface area contributed by atoms with Crippen molar-refractivity contribution >= 4 is 35.2 Å². The van der Waals surface area contributed by atoms with E-state index in [0.717, 1.165) is 5.56 Å². The van der Waals surface area contributed by atoms with E-state index in [-0.39, 0.29) is 30.3 Å². The number of thioether (sulfide) groups is 1. The van der Waals surface area contributed by atoms with Gasteiger partial charge in [-0.05, 0) is 24.6 Å². The van der Waals surface area contributed by atoms with Crippen molar-refractivity contribution in [3.05, 3.63) is 65.7 Å². The second kappa shape index (κ2) is 8.73. The first kappa shape index (κ1) is 19.0. The minimum atomic E-state index is -0.317. The molecule has 140 valence electrons. The van der Waals surface area contributed by atoms with Crippen LogP contribution in [0.1, 0.15) is 28.9 Å².